The SMILES string of the molecule is C=C1C(C)=CC=C(c2c(F)cccc2OCSC)N1CC. The van der Waals surface area contributed by atoms with Gasteiger partial charge in [0.15, 0.2) is 0 Å². The molecule has 0 atom stereocenters. The molecule has 0 saturated heterocycles. The quantitative estimate of drug-likeness (QED) is 0.734. The Labute approximate surface area is 130 Å². The molecular weight excluding hydrogens is 285 g/mol. The van der Waals surface area contributed by atoms with Gasteiger partial charge in [0.2, 0.25) is 0 Å². The highest BCUT2D eigenvalue weighted by atomic mass is 32.2. The van der Waals surface area contributed by atoms with Gasteiger partial charge in [-0.3, -0.25) is 0 Å². The standard InChI is InChI=1S/C17H20FNOS/c1-5-19-13(3)12(2)9-10-15(19)17-14(18)7-6-8-16(17)20-11-21-4/h6-10H,3,5,11H2,1-2,4H3. The van der Waals surface area contributed by atoms with Crippen molar-refractivity contribution in [2.45, 2.75) is 13.8 Å². The summed E-state index contributed by atoms with van der Waals surface area (Å²) in [6.07, 6.45) is 5.84. The second-order valence-electron chi connectivity index (χ2n) is 4.76. The van der Waals surface area contributed by atoms with Crippen LogP contribution in [0.25, 0.3) is 5.70 Å². The van der Waals surface area contributed by atoms with Crippen molar-refractivity contribution in [1.82, 2.24) is 4.90 Å². The molecule has 1 aromatic carbocycles. The van der Waals surface area contributed by atoms with E-state index in [2.05, 4.69) is 6.58 Å². The number of thioether (sulfide) groups is 1. The molecular formula is C17H20FNOS. The molecule has 0 unspecified atom stereocenters. The van der Waals surface area contributed by atoms with Crippen molar-refractivity contribution in [3.8, 4) is 5.75 Å². The van der Waals surface area contributed by atoms with Crippen molar-refractivity contribution in [3.05, 3.63) is 59.6 Å². The zero-order valence-electron chi connectivity index (χ0n) is 12.6. The minimum atomic E-state index is -0.279. The van der Waals surface area contributed by atoms with Gasteiger partial charge in [0.05, 0.1) is 11.3 Å². The summed E-state index contributed by atoms with van der Waals surface area (Å²) in [5.41, 5.74) is 3.28. The third-order valence-corrected chi connectivity index (χ3v) is 3.80. The number of rotatable bonds is 5. The fourth-order valence-corrected chi connectivity index (χ4v) is 2.57. The molecule has 0 fully saturated rings. The van der Waals surface area contributed by atoms with Crippen LogP contribution in [0.15, 0.2) is 48.2 Å². The molecule has 0 radical (unpaired) electrons. The highest BCUT2D eigenvalue weighted by Crippen LogP contribution is 2.36. The molecule has 0 spiro atoms. The number of ether oxygens (including phenoxy) is 1. The number of allylic oxidation sites excluding steroid dienone is 3. The maximum absolute atomic E-state index is 14.4. The number of nitrogens with zero attached hydrogens (tertiary/aromatic N) is 1. The van der Waals surface area contributed by atoms with Crippen molar-refractivity contribution in [1.29, 1.82) is 0 Å². The van der Waals surface area contributed by atoms with E-state index < -0.39 is 0 Å². The average Bonchev–Trinajstić information content (AvgIpc) is 2.48. The first kappa shape index (κ1) is 15.7. The van der Waals surface area contributed by atoms with E-state index in [0.717, 1.165) is 23.5 Å². The Morgan fingerprint density at radius 2 is 2.10 bits per heavy atom. The van der Waals surface area contributed by atoms with E-state index in [-0.39, 0.29) is 5.82 Å². The van der Waals surface area contributed by atoms with Gasteiger partial charge in [-0.25, -0.2) is 4.39 Å². The molecule has 2 rings (SSSR count). The van der Waals surface area contributed by atoms with E-state index in [0.29, 0.717) is 17.3 Å². The predicted octanol–water partition coefficient (Wildman–Crippen LogP) is 4.66. The molecule has 1 heterocycles. The van der Waals surface area contributed by atoms with Crippen LogP contribution in [0.5, 0.6) is 5.75 Å². The van der Waals surface area contributed by atoms with Crippen LogP contribution in [-0.2, 0) is 0 Å². The molecule has 0 aliphatic carbocycles. The molecule has 0 amide bonds. The predicted molar refractivity (Wildman–Crippen MR) is 88.7 cm³/mol. The Balaban J connectivity index is 2.52. The topological polar surface area (TPSA) is 12.5 Å². The summed E-state index contributed by atoms with van der Waals surface area (Å²) in [5, 5.41) is 0. The summed E-state index contributed by atoms with van der Waals surface area (Å²) in [5.74, 6) is 0.778. The van der Waals surface area contributed by atoms with Gasteiger partial charge in [0.25, 0.3) is 0 Å². The molecule has 4 heteroatoms. The summed E-state index contributed by atoms with van der Waals surface area (Å²) < 4.78 is 20.1. The number of likely N-dealkylation sites (N-methyl/N-ethyl adjacent to an activating group) is 1. The van der Waals surface area contributed by atoms with Crippen molar-refractivity contribution in [2.75, 3.05) is 18.7 Å². The van der Waals surface area contributed by atoms with Crippen LogP contribution < -0.4 is 4.74 Å². The van der Waals surface area contributed by atoms with E-state index in [1.807, 2.05) is 37.2 Å². The van der Waals surface area contributed by atoms with Crippen LogP contribution in [0.1, 0.15) is 19.4 Å². The number of halogens is 1. The molecule has 0 saturated carbocycles. The second-order valence-corrected chi connectivity index (χ2v) is 5.57. The molecule has 21 heavy (non-hydrogen) atoms. The van der Waals surface area contributed by atoms with Crippen molar-refractivity contribution >= 4 is 17.5 Å². The third-order valence-electron chi connectivity index (χ3n) is 3.44. The molecule has 0 aromatic heterocycles. The largest absolute Gasteiger partial charge is 0.482 e. The van der Waals surface area contributed by atoms with Crippen LogP contribution >= 0.6 is 11.8 Å². The summed E-state index contributed by atoms with van der Waals surface area (Å²) in [6.45, 7) is 8.86. The van der Waals surface area contributed by atoms with Crippen molar-refractivity contribution < 1.29 is 9.13 Å². The van der Waals surface area contributed by atoms with Gasteiger partial charge in [-0.2, -0.15) is 0 Å². The summed E-state index contributed by atoms with van der Waals surface area (Å²) in [6, 6.07) is 4.94. The lowest BCUT2D eigenvalue weighted by atomic mass is 10.0. The molecule has 2 nitrogen and oxygen atoms in total. The van der Waals surface area contributed by atoms with Crippen LogP contribution in [0.3, 0.4) is 0 Å². The highest BCUT2D eigenvalue weighted by Gasteiger charge is 2.23. The summed E-state index contributed by atoms with van der Waals surface area (Å²) >= 11 is 1.56. The first-order valence-corrected chi connectivity index (χ1v) is 8.25. The Bertz CT molecular complexity index is 607. The fourth-order valence-electron chi connectivity index (χ4n) is 2.32. The summed E-state index contributed by atoms with van der Waals surface area (Å²) in [7, 11) is 0. The van der Waals surface area contributed by atoms with Crippen LogP contribution in [0.4, 0.5) is 4.39 Å². The van der Waals surface area contributed by atoms with E-state index in [4.69, 9.17) is 4.74 Å². The van der Waals surface area contributed by atoms with Gasteiger partial charge in [-0.05, 0) is 43.9 Å². The van der Waals surface area contributed by atoms with Gasteiger partial charge in [-0.1, -0.05) is 18.7 Å². The first-order chi connectivity index (χ1) is 10.1. The Morgan fingerprint density at radius 1 is 1.33 bits per heavy atom. The number of benzene rings is 1. The van der Waals surface area contributed by atoms with Gasteiger partial charge in [0.1, 0.15) is 17.5 Å². The molecule has 0 N–H and O–H groups in total. The first-order valence-electron chi connectivity index (χ1n) is 6.86. The minimum Gasteiger partial charge on any atom is -0.482 e. The average molecular weight is 305 g/mol. The molecule has 0 bridgehead atoms. The Kier molecular flexibility index (Phi) is 5.12. The van der Waals surface area contributed by atoms with E-state index in [9.17, 15) is 4.39 Å². The number of hydrogen-bond donors (Lipinski definition) is 0. The Morgan fingerprint density at radius 3 is 2.76 bits per heavy atom. The van der Waals surface area contributed by atoms with Crippen molar-refractivity contribution in [2.24, 2.45) is 0 Å². The minimum absolute atomic E-state index is 0.279. The molecule has 1 aliphatic heterocycles. The Hall–Kier alpha value is -1.68. The smallest absolute Gasteiger partial charge is 0.136 e. The lowest BCUT2D eigenvalue weighted by Gasteiger charge is -2.32. The number of hydrogen-bond acceptors (Lipinski definition) is 3. The van der Waals surface area contributed by atoms with Crippen LogP contribution in [-0.4, -0.2) is 23.6 Å². The zero-order valence-corrected chi connectivity index (χ0v) is 13.5. The lowest BCUT2D eigenvalue weighted by molar-refractivity contribution is 0.386. The van der Waals surface area contributed by atoms with Gasteiger partial charge < -0.3 is 9.64 Å². The molecule has 1 aromatic rings. The maximum atomic E-state index is 14.4. The van der Waals surface area contributed by atoms with Crippen LogP contribution in [0, 0.1) is 5.82 Å². The summed E-state index contributed by atoms with van der Waals surface area (Å²) in [4.78, 5) is 2.01. The van der Waals surface area contributed by atoms with Crippen molar-refractivity contribution in [3.63, 3.8) is 0 Å². The van der Waals surface area contributed by atoms with E-state index in [1.165, 1.54) is 6.07 Å². The normalized spacial score (nSPS) is 14.9. The van der Waals surface area contributed by atoms with Gasteiger partial charge in [0, 0.05) is 12.2 Å². The fraction of sp³-hybridized carbons (Fsp3) is 0.294. The lowest BCUT2D eigenvalue weighted by Crippen LogP contribution is -2.24. The van der Waals surface area contributed by atoms with E-state index in [1.54, 1.807) is 23.9 Å². The maximum Gasteiger partial charge on any atom is 0.136 e. The van der Waals surface area contributed by atoms with Crippen LogP contribution in [0.2, 0.25) is 0 Å². The molecule has 1 aliphatic rings. The van der Waals surface area contributed by atoms with Gasteiger partial charge >= 0.3 is 0 Å². The molecule has 112 valence electrons. The van der Waals surface area contributed by atoms with Gasteiger partial charge in [-0.15, -0.1) is 11.8 Å². The monoisotopic (exact) mass is 305 g/mol. The second kappa shape index (κ2) is 6.85. The van der Waals surface area contributed by atoms with E-state index >= 15 is 0 Å². The highest BCUT2D eigenvalue weighted by molar-refractivity contribution is 7.98. The third kappa shape index (κ3) is 3.16. The zero-order chi connectivity index (χ0) is 15.4.